The molecule has 1 amide bonds. The maximum atomic E-state index is 11.5. The lowest BCUT2D eigenvalue weighted by Crippen LogP contribution is -2.41. The highest BCUT2D eigenvalue weighted by atomic mass is 35.5. The van der Waals surface area contributed by atoms with Gasteiger partial charge in [0.2, 0.25) is 11.0 Å². The number of aromatic hydroxyl groups is 1. The van der Waals surface area contributed by atoms with Crippen molar-refractivity contribution in [1.29, 1.82) is 0 Å². The van der Waals surface area contributed by atoms with E-state index in [-0.39, 0.29) is 38.2 Å². The molecule has 0 spiro atoms. The molecule has 0 bridgehead atoms. The zero-order chi connectivity index (χ0) is 18.0. The van der Waals surface area contributed by atoms with Crippen molar-refractivity contribution in [1.82, 2.24) is 15.0 Å². The average molecular weight is 387 g/mol. The molecule has 126 valence electrons. The lowest BCUT2D eigenvalue weighted by Gasteiger charge is -2.20. The Balaban J connectivity index is 2.55. The van der Waals surface area contributed by atoms with Crippen LogP contribution in [0.15, 0.2) is 18.2 Å². The summed E-state index contributed by atoms with van der Waals surface area (Å²) in [6, 6.07) is 4.31. The molecule has 0 unspecified atom stereocenters. The van der Waals surface area contributed by atoms with E-state index in [1.807, 2.05) is 0 Å². The van der Waals surface area contributed by atoms with Gasteiger partial charge >= 0.3 is 0 Å². The molecule has 3 N–H and O–H groups in total. The molecule has 2 rings (SSSR count). The number of amides is 1. The third-order valence-corrected chi connectivity index (χ3v) is 3.65. The summed E-state index contributed by atoms with van der Waals surface area (Å²) in [6.07, 6.45) is 0. The summed E-state index contributed by atoms with van der Waals surface area (Å²) >= 11 is 17.2. The third kappa shape index (κ3) is 3.84. The minimum Gasteiger partial charge on any atom is -0.493 e. The van der Waals surface area contributed by atoms with Gasteiger partial charge in [0.1, 0.15) is 0 Å². The van der Waals surface area contributed by atoms with E-state index in [2.05, 4.69) is 9.97 Å². The van der Waals surface area contributed by atoms with Crippen LogP contribution in [0.3, 0.4) is 0 Å². The van der Waals surface area contributed by atoms with E-state index in [4.69, 9.17) is 46.0 Å². The Bertz CT molecular complexity index is 798. The third-order valence-electron chi connectivity index (χ3n) is 2.80. The SMILES string of the molecule is CC(=O)N(Oc1ccc(Cl)c(-c2nc(C)cc(O)n2)c1Cl)C(N)=S. The molecule has 2 aromatic rings. The van der Waals surface area contributed by atoms with Crippen LogP contribution in [0.2, 0.25) is 10.0 Å². The fourth-order valence-electron chi connectivity index (χ4n) is 1.84. The van der Waals surface area contributed by atoms with Crippen molar-refractivity contribution < 1.29 is 14.7 Å². The highest BCUT2D eigenvalue weighted by Crippen LogP contribution is 2.39. The van der Waals surface area contributed by atoms with Gasteiger partial charge in [-0.25, -0.2) is 4.98 Å². The van der Waals surface area contributed by atoms with Gasteiger partial charge in [-0.2, -0.15) is 4.98 Å². The molecule has 0 aliphatic heterocycles. The van der Waals surface area contributed by atoms with Gasteiger partial charge in [0, 0.05) is 18.7 Å². The standard InChI is InChI=1S/C14H12Cl2N4O3S/c1-6-5-10(22)19-13(18-6)11-8(15)3-4-9(12(11)16)23-20(7(2)21)14(17)24/h3-5H,1-2H3,(H2,17,24)(H,18,19,22). The van der Waals surface area contributed by atoms with Crippen LogP contribution in [-0.4, -0.2) is 31.2 Å². The van der Waals surface area contributed by atoms with E-state index < -0.39 is 5.91 Å². The maximum absolute atomic E-state index is 11.5. The van der Waals surface area contributed by atoms with Gasteiger partial charge in [-0.05, 0) is 31.3 Å². The normalized spacial score (nSPS) is 10.3. The molecule has 0 saturated heterocycles. The number of aryl methyl sites for hydroxylation is 1. The van der Waals surface area contributed by atoms with Crippen LogP contribution in [0.25, 0.3) is 11.4 Å². The predicted octanol–water partition coefficient (Wildman–Crippen LogP) is 2.85. The fraction of sp³-hybridized carbons (Fsp3) is 0.143. The van der Waals surface area contributed by atoms with Gasteiger partial charge in [0.25, 0.3) is 5.91 Å². The van der Waals surface area contributed by atoms with Crippen LogP contribution in [0.1, 0.15) is 12.6 Å². The van der Waals surface area contributed by atoms with Crippen LogP contribution >= 0.6 is 35.4 Å². The number of nitrogens with zero attached hydrogens (tertiary/aromatic N) is 3. The molecule has 24 heavy (non-hydrogen) atoms. The number of aromatic nitrogens is 2. The van der Waals surface area contributed by atoms with Crippen LogP contribution < -0.4 is 10.6 Å². The molecule has 1 aromatic carbocycles. The van der Waals surface area contributed by atoms with Gasteiger partial charge in [-0.15, -0.1) is 5.06 Å². The molecule has 7 nitrogen and oxygen atoms in total. The Morgan fingerprint density at radius 1 is 1.38 bits per heavy atom. The first-order chi connectivity index (χ1) is 11.2. The van der Waals surface area contributed by atoms with Crippen molar-refractivity contribution in [2.75, 3.05) is 0 Å². The zero-order valence-corrected chi connectivity index (χ0v) is 14.9. The first-order valence-corrected chi connectivity index (χ1v) is 7.68. The molecule has 0 fully saturated rings. The minimum absolute atomic E-state index is 0.0370. The number of halogens is 2. The van der Waals surface area contributed by atoms with Crippen molar-refractivity contribution in [2.45, 2.75) is 13.8 Å². The van der Waals surface area contributed by atoms with Crippen molar-refractivity contribution >= 4 is 46.4 Å². The number of carbonyl (C=O) groups is 1. The van der Waals surface area contributed by atoms with Gasteiger partial charge in [0.05, 0.1) is 15.6 Å². The topological polar surface area (TPSA) is 102 Å². The van der Waals surface area contributed by atoms with Gasteiger partial charge < -0.3 is 15.7 Å². The number of carbonyl (C=O) groups excluding carboxylic acids is 1. The number of benzene rings is 1. The van der Waals surface area contributed by atoms with Crippen molar-refractivity contribution in [3.63, 3.8) is 0 Å². The summed E-state index contributed by atoms with van der Waals surface area (Å²) in [5.74, 6) is -0.578. The van der Waals surface area contributed by atoms with Crippen molar-refractivity contribution in [3.05, 3.63) is 33.9 Å². The van der Waals surface area contributed by atoms with Gasteiger partial charge in [-0.3, -0.25) is 4.79 Å². The smallest absolute Gasteiger partial charge is 0.259 e. The first kappa shape index (κ1) is 18.2. The van der Waals surface area contributed by atoms with Crippen LogP contribution in [-0.2, 0) is 4.79 Å². The van der Waals surface area contributed by atoms with E-state index in [1.54, 1.807) is 6.92 Å². The maximum Gasteiger partial charge on any atom is 0.259 e. The number of rotatable bonds is 3. The highest BCUT2D eigenvalue weighted by Gasteiger charge is 2.21. The zero-order valence-electron chi connectivity index (χ0n) is 12.6. The summed E-state index contributed by atoms with van der Waals surface area (Å²) in [7, 11) is 0. The van der Waals surface area contributed by atoms with E-state index in [1.165, 1.54) is 25.1 Å². The first-order valence-electron chi connectivity index (χ1n) is 6.51. The molecule has 10 heteroatoms. The molecule has 0 saturated carbocycles. The fourth-order valence-corrected chi connectivity index (χ4v) is 2.58. The lowest BCUT2D eigenvalue weighted by molar-refractivity contribution is -0.141. The summed E-state index contributed by atoms with van der Waals surface area (Å²) in [5.41, 5.74) is 6.19. The molecule has 0 radical (unpaired) electrons. The Morgan fingerprint density at radius 2 is 2.04 bits per heavy atom. The molecule has 1 heterocycles. The Hall–Kier alpha value is -2.16. The quantitative estimate of drug-likeness (QED) is 0.617. The van der Waals surface area contributed by atoms with Gasteiger partial charge in [-0.1, -0.05) is 23.2 Å². The number of hydrogen-bond donors (Lipinski definition) is 2. The predicted molar refractivity (Wildman–Crippen MR) is 93.8 cm³/mol. The van der Waals surface area contributed by atoms with Crippen LogP contribution in [0.5, 0.6) is 11.6 Å². The summed E-state index contributed by atoms with van der Waals surface area (Å²) < 4.78 is 0. The minimum atomic E-state index is -0.528. The number of hydrogen-bond acceptors (Lipinski definition) is 6. The summed E-state index contributed by atoms with van der Waals surface area (Å²) in [6.45, 7) is 2.91. The number of hydroxylamine groups is 2. The second-order valence-corrected chi connectivity index (χ2v) is 5.87. The molecule has 1 aromatic heterocycles. The number of thiocarbonyl (C=S) groups is 1. The summed E-state index contributed by atoms with van der Waals surface area (Å²) in [5, 5.41) is 10.4. The molecular formula is C14H12Cl2N4O3S. The molecular weight excluding hydrogens is 375 g/mol. The Labute approximate surface area is 152 Å². The monoisotopic (exact) mass is 386 g/mol. The van der Waals surface area contributed by atoms with Crippen LogP contribution in [0.4, 0.5) is 0 Å². The van der Waals surface area contributed by atoms with Crippen LogP contribution in [0, 0.1) is 6.92 Å². The summed E-state index contributed by atoms with van der Waals surface area (Å²) in [4.78, 5) is 25.0. The molecule has 0 aliphatic carbocycles. The molecule has 0 aliphatic rings. The van der Waals surface area contributed by atoms with Crippen molar-refractivity contribution in [3.8, 4) is 23.0 Å². The van der Waals surface area contributed by atoms with E-state index in [0.717, 1.165) is 0 Å². The Kier molecular flexibility index (Phi) is 5.43. The largest absolute Gasteiger partial charge is 0.493 e. The lowest BCUT2D eigenvalue weighted by atomic mass is 10.2. The number of nitrogens with two attached hydrogens (primary N) is 1. The van der Waals surface area contributed by atoms with E-state index in [0.29, 0.717) is 10.8 Å². The second kappa shape index (κ2) is 7.16. The van der Waals surface area contributed by atoms with Gasteiger partial charge in [0.15, 0.2) is 11.6 Å². The van der Waals surface area contributed by atoms with E-state index >= 15 is 0 Å². The average Bonchev–Trinajstić information content (AvgIpc) is 2.44. The van der Waals surface area contributed by atoms with E-state index in [9.17, 15) is 9.90 Å². The molecule has 0 atom stereocenters. The second-order valence-electron chi connectivity index (χ2n) is 4.67. The van der Waals surface area contributed by atoms with Crippen molar-refractivity contribution in [2.24, 2.45) is 5.73 Å². The Morgan fingerprint density at radius 3 is 2.58 bits per heavy atom. The highest BCUT2D eigenvalue weighted by molar-refractivity contribution is 7.80.